The average molecular weight is 206 g/mol. The van der Waals surface area contributed by atoms with Crippen molar-refractivity contribution < 1.29 is 0 Å². The van der Waals surface area contributed by atoms with E-state index >= 15 is 0 Å². The molecule has 0 aromatic heterocycles. The van der Waals surface area contributed by atoms with E-state index in [0.717, 1.165) is 13.1 Å². The Balaban J connectivity index is 2.45. The number of benzene rings is 1. The van der Waals surface area contributed by atoms with Crippen molar-refractivity contribution in [2.24, 2.45) is 0 Å². The van der Waals surface area contributed by atoms with Gasteiger partial charge in [-0.2, -0.15) is 0 Å². The Morgan fingerprint density at radius 1 is 1.07 bits per heavy atom. The van der Waals surface area contributed by atoms with Crippen LogP contribution in [0.4, 0.5) is 0 Å². The van der Waals surface area contributed by atoms with E-state index in [2.05, 4.69) is 68.2 Å². The molecule has 0 N–H and O–H groups in total. The maximum atomic E-state index is 2.38. The Kier molecular flexibility index (Phi) is 4.79. The molecule has 1 aromatic rings. The molecule has 0 saturated carbocycles. The number of nitrogens with zero attached hydrogens (tertiary/aromatic N) is 2. The van der Waals surface area contributed by atoms with E-state index in [1.165, 1.54) is 5.56 Å². The van der Waals surface area contributed by atoms with Crippen molar-refractivity contribution in [2.45, 2.75) is 19.5 Å². The van der Waals surface area contributed by atoms with Gasteiger partial charge in [-0.1, -0.05) is 30.3 Å². The summed E-state index contributed by atoms with van der Waals surface area (Å²) in [6.07, 6.45) is 0. The van der Waals surface area contributed by atoms with Crippen LogP contribution in [0.5, 0.6) is 0 Å². The lowest BCUT2D eigenvalue weighted by molar-refractivity contribution is 0.202. The van der Waals surface area contributed by atoms with Crippen LogP contribution in [0, 0.1) is 0 Å². The largest absolute Gasteiger partial charge is 0.308 e. The molecule has 84 valence electrons. The van der Waals surface area contributed by atoms with Crippen LogP contribution in [0.1, 0.15) is 12.5 Å². The molecule has 0 aliphatic carbocycles. The predicted molar refractivity (Wildman–Crippen MR) is 65.9 cm³/mol. The molecule has 1 atom stereocenters. The van der Waals surface area contributed by atoms with Crippen LogP contribution in [0.15, 0.2) is 30.3 Å². The molecule has 1 rings (SSSR count). The number of hydrogen-bond acceptors (Lipinski definition) is 2. The van der Waals surface area contributed by atoms with Crippen LogP contribution in [0.2, 0.25) is 0 Å². The predicted octanol–water partition coefficient (Wildman–Crippen LogP) is 2.07. The minimum absolute atomic E-state index is 0.584. The molecular formula is C13H22N2. The van der Waals surface area contributed by atoms with Crippen molar-refractivity contribution in [2.75, 3.05) is 27.7 Å². The molecule has 0 saturated heterocycles. The molecule has 2 heteroatoms. The highest BCUT2D eigenvalue weighted by Crippen LogP contribution is 2.06. The van der Waals surface area contributed by atoms with Gasteiger partial charge in [0.2, 0.25) is 0 Å². The van der Waals surface area contributed by atoms with Crippen molar-refractivity contribution in [3.63, 3.8) is 0 Å². The molecule has 0 spiro atoms. The fourth-order valence-corrected chi connectivity index (χ4v) is 1.70. The maximum Gasteiger partial charge on any atom is 0.0234 e. The third-order valence-electron chi connectivity index (χ3n) is 2.66. The third kappa shape index (κ3) is 4.45. The summed E-state index contributed by atoms with van der Waals surface area (Å²) >= 11 is 0. The Labute approximate surface area is 93.5 Å². The van der Waals surface area contributed by atoms with E-state index in [1.54, 1.807) is 0 Å². The van der Waals surface area contributed by atoms with Gasteiger partial charge < -0.3 is 4.90 Å². The van der Waals surface area contributed by atoms with E-state index in [4.69, 9.17) is 0 Å². The maximum absolute atomic E-state index is 2.38. The number of rotatable bonds is 5. The lowest BCUT2D eigenvalue weighted by atomic mass is 10.2. The molecule has 0 fully saturated rings. The van der Waals surface area contributed by atoms with Gasteiger partial charge in [0.05, 0.1) is 0 Å². The standard InChI is InChI=1S/C13H22N2/c1-12(10-14(2)3)15(4)11-13-8-6-5-7-9-13/h5-9,12H,10-11H2,1-4H3. The highest BCUT2D eigenvalue weighted by atomic mass is 15.2. The summed E-state index contributed by atoms with van der Waals surface area (Å²) in [7, 11) is 6.42. The van der Waals surface area contributed by atoms with Crippen molar-refractivity contribution in [3.05, 3.63) is 35.9 Å². The SMILES string of the molecule is CC(CN(C)C)N(C)Cc1ccccc1. The van der Waals surface area contributed by atoms with Gasteiger partial charge in [0.1, 0.15) is 0 Å². The lowest BCUT2D eigenvalue weighted by Crippen LogP contribution is -2.36. The van der Waals surface area contributed by atoms with E-state index in [1.807, 2.05) is 0 Å². The van der Waals surface area contributed by atoms with Crippen molar-refractivity contribution in [3.8, 4) is 0 Å². The van der Waals surface area contributed by atoms with Gasteiger partial charge in [-0.3, -0.25) is 4.90 Å². The van der Waals surface area contributed by atoms with E-state index in [0.29, 0.717) is 6.04 Å². The molecule has 0 bridgehead atoms. The second-order valence-corrected chi connectivity index (χ2v) is 4.51. The van der Waals surface area contributed by atoms with Crippen LogP contribution in [0.25, 0.3) is 0 Å². The molecule has 0 radical (unpaired) electrons. The summed E-state index contributed by atoms with van der Waals surface area (Å²) in [6.45, 7) is 4.39. The highest BCUT2D eigenvalue weighted by molar-refractivity contribution is 5.14. The Morgan fingerprint density at radius 2 is 1.67 bits per heavy atom. The van der Waals surface area contributed by atoms with Gasteiger partial charge in [-0.15, -0.1) is 0 Å². The van der Waals surface area contributed by atoms with Crippen LogP contribution in [-0.2, 0) is 6.54 Å². The van der Waals surface area contributed by atoms with Gasteiger partial charge in [-0.25, -0.2) is 0 Å². The number of hydrogen-bond donors (Lipinski definition) is 0. The van der Waals surface area contributed by atoms with Crippen molar-refractivity contribution >= 4 is 0 Å². The lowest BCUT2D eigenvalue weighted by Gasteiger charge is -2.27. The van der Waals surface area contributed by atoms with Crippen molar-refractivity contribution in [1.82, 2.24) is 9.80 Å². The molecule has 15 heavy (non-hydrogen) atoms. The van der Waals surface area contributed by atoms with E-state index < -0.39 is 0 Å². The van der Waals surface area contributed by atoms with Gasteiger partial charge >= 0.3 is 0 Å². The Morgan fingerprint density at radius 3 is 2.20 bits per heavy atom. The number of likely N-dealkylation sites (N-methyl/N-ethyl adjacent to an activating group) is 2. The molecule has 1 aromatic carbocycles. The van der Waals surface area contributed by atoms with Crippen LogP contribution in [0.3, 0.4) is 0 Å². The summed E-state index contributed by atoms with van der Waals surface area (Å²) in [4.78, 5) is 4.61. The summed E-state index contributed by atoms with van der Waals surface area (Å²) in [6, 6.07) is 11.2. The van der Waals surface area contributed by atoms with Gasteiger partial charge in [0.15, 0.2) is 0 Å². The Bertz CT molecular complexity index is 269. The zero-order chi connectivity index (χ0) is 11.3. The van der Waals surface area contributed by atoms with E-state index in [-0.39, 0.29) is 0 Å². The molecule has 0 heterocycles. The topological polar surface area (TPSA) is 6.48 Å². The molecular weight excluding hydrogens is 184 g/mol. The Hall–Kier alpha value is -0.860. The van der Waals surface area contributed by atoms with Gasteiger partial charge in [0.25, 0.3) is 0 Å². The summed E-state index contributed by atoms with van der Waals surface area (Å²) < 4.78 is 0. The first kappa shape index (κ1) is 12.2. The average Bonchev–Trinajstić information content (AvgIpc) is 2.18. The van der Waals surface area contributed by atoms with Crippen molar-refractivity contribution in [1.29, 1.82) is 0 Å². The highest BCUT2D eigenvalue weighted by Gasteiger charge is 2.09. The second-order valence-electron chi connectivity index (χ2n) is 4.51. The summed E-state index contributed by atoms with van der Waals surface area (Å²) in [5.41, 5.74) is 1.38. The fraction of sp³-hybridized carbons (Fsp3) is 0.538. The molecule has 1 unspecified atom stereocenters. The van der Waals surface area contributed by atoms with Crippen LogP contribution < -0.4 is 0 Å². The van der Waals surface area contributed by atoms with Gasteiger partial charge in [-0.05, 0) is 33.6 Å². The monoisotopic (exact) mass is 206 g/mol. The third-order valence-corrected chi connectivity index (χ3v) is 2.66. The second kappa shape index (κ2) is 5.89. The van der Waals surface area contributed by atoms with Crippen LogP contribution >= 0.6 is 0 Å². The molecule has 2 nitrogen and oxygen atoms in total. The molecule has 0 amide bonds. The van der Waals surface area contributed by atoms with Crippen LogP contribution in [-0.4, -0.2) is 43.5 Å². The summed E-state index contributed by atoms with van der Waals surface area (Å²) in [5.74, 6) is 0. The zero-order valence-electron chi connectivity index (χ0n) is 10.3. The quantitative estimate of drug-likeness (QED) is 0.727. The molecule has 0 aliphatic rings. The first-order chi connectivity index (χ1) is 7.09. The normalized spacial score (nSPS) is 13.5. The first-order valence-electron chi connectivity index (χ1n) is 5.48. The van der Waals surface area contributed by atoms with E-state index in [9.17, 15) is 0 Å². The fourth-order valence-electron chi connectivity index (χ4n) is 1.70. The minimum Gasteiger partial charge on any atom is -0.308 e. The smallest absolute Gasteiger partial charge is 0.0234 e. The van der Waals surface area contributed by atoms with Gasteiger partial charge in [0, 0.05) is 19.1 Å². The molecule has 0 aliphatic heterocycles. The zero-order valence-corrected chi connectivity index (χ0v) is 10.3. The summed E-state index contributed by atoms with van der Waals surface area (Å²) in [5, 5.41) is 0. The first-order valence-corrected chi connectivity index (χ1v) is 5.48. The minimum atomic E-state index is 0.584.